The molecule has 7 heteroatoms. The quantitative estimate of drug-likeness (QED) is 0.698. The third-order valence-corrected chi connectivity index (χ3v) is 4.18. The van der Waals surface area contributed by atoms with Crippen LogP contribution in [-0.2, 0) is 11.3 Å². The average molecular weight is 317 g/mol. The van der Waals surface area contributed by atoms with E-state index >= 15 is 0 Å². The Balaban J connectivity index is 1.73. The van der Waals surface area contributed by atoms with Gasteiger partial charge in [-0.1, -0.05) is 12.1 Å². The fourth-order valence-electron chi connectivity index (χ4n) is 2.89. The summed E-state index contributed by atoms with van der Waals surface area (Å²) in [5, 5.41) is 23.0. The van der Waals surface area contributed by atoms with Gasteiger partial charge in [0, 0.05) is 12.5 Å². The molecule has 0 amide bonds. The number of aromatic nitrogens is 2. The zero-order valence-corrected chi connectivity index (χ0v) is 12.6. The van der Waals surface area contributed by atoms with Gasteiger partial charge in [0.15, 0.2) is 5.78 Å². The molecule has 122 valence electrons. The molecule has 3 atom stereocenters. The molecule has 0 unspecified atom stereocenters. The molecule has 1 fully saturated rings. The van der Waals surface area contributed by atoms with Gasteiger partial charge in [0.05, 0.1) is 36.0 Å². The summed E-state index contributed by atoms with van der Waals surface area (Å²) in [6.07, 6.45) is 0.0813. The number of nitrogens with one attached hydrogen (secondary N) is 1. The maximum Gasteiger partial charge on any atom is 0.261 e. The van der Waals surface area contributed by atoms with E-state index in [1.54, 1.807) is 24.3 Å². The van der Waals surface area contributed by atoms with E-state index in [4.69, 9.17) is 0 Å². The number of hydrogen-bond donors (Lipinski definition) is 3. The van der Waals surface area contributed by atoms with Gasteiger partial charge in [-0.15, -0.1) is 0 Å². The number of piperidine rings is 1. The smallest absolute Gasteiger partial charge is 0.261 e. The van der Waals surface area contributed by atoms with Gasteiger partial charge in [0.1, 0.15) is 0 Å². The van der Waals surface area contributed by atoms with Gasteiger partial charge in [-0.2, -0.15) is 0 Å². The second-order valence-electron chi connectivity index (χ2n) is 5.84. The first-order chi connectivity index (χ1) is 11.1. The summed E-state index contributed by atoms with van der Waals surface area (Å²) < 4.78 is 1.27. The molecular formula is C16H19N3O4. The molecule has 0 aliphatic carbocycles. The van der Waals surface area contributed by atoms with Crippen LogP contribution < -0.4 is 10.9 Å². The van der Waals surface area contributed by atoms with Crippen molar-refractivity contribution in [2.45, 2.75) is 37.6 Å². The second-order valence-corrected chi connectivity index (χ2v) is 5.84. The van der Waals surface area contributed by atoms with Crippen molar-refractivity contribution in [2.24, 2.45) is 0 Å². The fraction of sp³-hybridized carbons (Fsp3) is 0.438. The van der Waals surface area contributed by atoms with Crippen molar-refractivity contribution in [3.05, 3.63) is 40.9 Å². The monoisotopic (exact) mass is 317 g/mol. The molecule has 1 aromatic carbocycles. The highest BCUT2D eigenvalue weighted by Gasteiger charge is 2.31. The largest absolute Gasteiger partial charge is 0.390 e. The third-order valence-electron chi connectivity index (χ3n) is 4.18. The lowest BCUT2D eigenvalue weighted by Gasteiger charge is -2.32. The molecule has 2 heterocycles. The van der Waals surface area contributed by atoms with Crippen LogP contribution in [0.5, 0.6) is 0 Å². The van der Waals surface area contributed by atoms with Crippen LogP contribution >= 0.6 is 0 Å². The predicted molar refractivity (Wildman–Crippen MR) is 84.0 cm³/mol. The molecular weight excluding hydrogens is 298 g/mol. The van der Waals surface area contributed by atoms with Crippen LogP contribution in [0.3, 0.4) is 0 Å². The number of carbonyl (C=O) groups excluding carboxylic acids is 1. The van der Waals surface area contributed by atoms with Crippen molar-refractivity contribution in [3.63, 3.8) is 0 Å². The third kappa shape index (κ3) is 3.31. The average Bonchev–Trinajstić information content (AvgIpc) is 2.55. The highest BCUT2D eigenvalue weighted by molar-refractivity contribution is 5.80. The van der Waals surface area contributed by atoms with Crippen molar-refractivity contribution >= 4 is 16.7 Å². The van der Waals surface area contributed by atoms with Crippen molar-refractivity contribution in [3.8, 4) is 0 Å². The van der Waals surface area contributed by atoms with Gasteiger partial charge in [-0.05, 0) is 25.1 Å². The highest BCUT2D eigenvalue weighted by Crippen LogP contribution is 2.13. The number of aliphatic hydroxyl groups is 2. The van der Waals surface area contributed by atoms with E-state index in [0.717, 1.165) is 0 Å². The molecule has 0 bridgehead atoms. The molecule has 1 aromatic heterocycles. The highest BCUT2D eigenvalue weighted by atomic mass is 16.3. The number of nitrogens with zero attached hydrogens (tertiary/aromatic N) is 2. The zero-order valence-electron chi connectivity index (χ0n) is 12.6. The first kappa shape index (κ1) is 15.8. The molecule has 1 saturated heterocycles. The summed E-state index contributed by atoms with van der Waals surface area (Å²) >= 11 is 0. The zero-order chi connectivity index (χ0) is 16.4. The van der Waals surface area contributed by atoms with Crippen molar-refractivity contribution in [1.82, 2.24) is 14.9 Å². The number of aliphatic hydroxyl groups excluding tert-OH is 2. The first-order valence-electron chi connectivity index (χ1n) is 7.61. The number of rotatable bonds is 4. The molecule has 7 nitrogen and oxygen atoms in total. The van der Waals surface area contributed by atoms with Crippen molar-refractivity contribution in [2.75, 3.05) is 6.54 Å². The maximum atomic E-state index is 12.3. The van der Waals surface area contributed by atoms with E-state index in [-0.39, 0.29) is 24.3 Å². The number of hydrogen-bond acceptors (Lipinski definition) is 6. The maximum absolute atomic E-state index is 12.3. The minimum atomic E-state index is -0.973. The van der Waals surface area contributed by atoms with Gasteiger partial charge in [0.2, 0.25) is 0 Å². The lowest BCUT2D eigenvalue weighted by molar-refractivity contribution is -0.122. The lowest BCUT2D eigenvalue weighted by Crippen LogP contribution is -2.53. The summed E-state index contributed by atoms with van der Waals surface area (Å²) in [6, 6.07) is 6.48. The Morgan fingerprint density at radius 3 is 2.96 bits per heavy atom. The number of carbonyl (C=O) groups is 1. The molecule has 3 rings (SSSR count). The Morgan fingerprint density at radius 1 is 1.35 bits per heavy atom. The summed E-state index contributed by atoms with van der Waals surface area (Å²) in [6.45, 7) is 0.450. The molecule has 1 aliphatic rings. The van der Waals surface area contributed by atoms with Gasteiger partial charge in [0.25, 0.3) is 5.56 Å². The molecule has 0 radical (unpaired) electrons. The van der Waals surface area contributed by atoms with Gasteiger partial charge < -0.3 is 15.5 Å². The standard InChI is InChI=1S/C16H19N3O4/c20-10(7-13-15(22)14(21)5-6-17-13)8-19-9-18-12-4-2-1-3-11(12)16(19)23/h1-4,9,13-15,17,21-22H,5-8H2/t13-,14+,15-/m1/s1. The Morgan fingerprint density at radius 2 is 2.13 bits per heavy atom. The topological polar surface area (TPSA) is 104 Å². The first-order valence-corrected chi connectivity index (χ1v) is 7.61. The van der Waals surface area contributed by atoms with E-state index in [0.29, 0.717) is 23.9 Å². The number of ketones is 1. The number of Topliss-reactive ketones (excluding diaryl/α,β-unsaturated/α-hetero) is 1. The summed E-state index contributed by atoms with van der Waals surface area (Å²) in [4.78, 5) is 28.7. The fourth-order valence-corrected chi connectivity index (χ4v) is 2.89. The Bertz CT molecular complexity index is 773. The van der Waals surface area contributed by atoms with E-state index in [1.165, 1.54) is 10.9 Å². The van der Waals surface area contributed by atoms with Crippen LogP contribution in [0, 0.1) is 0 Å². The van der Waals surface area contributed by atoms with Gasteiger partial charge >= 0.3 is 0 Å². The van der Waals surface area contributed by atoms with Gasteiger partial charge in [-0.25, -0.2) is 4.98 Å². The number of benzene rings is 1. The van der Waals surface area contributed by atoms with E-state index < -0.39 is 18.2 Å². The number of para-hydroxylation sites is 1. The summed E-state index contributed by atoms with van der Waals surface area (Å²) in [7, 11) is 0. The van der Waals surface area contributed by atoms with E-state index in [1.807, 2.05) is 0 Å². The Hall–Kier alpha value is -2.09. The van der Waals surface area contributed by atoms with E-state index in [9.17, 15) is 19.8 Å². The van der Waals surface area contributed by atoms with Crippen molar-refractivity contribution < 1.29 is 15.0 Å². The minimum absolute atomic E-state index is 0.0531. The molecule has 0 saturated carbocycles. The molecule has 23 heavy (non-hydrogen) atoms. The molecule has 0 spiro atoms. The Labute approximate surface area is 132 Å². The number of fused-ring (bicyclic) bond motifs is 1. The van der Waals surface area contributed by atoms with Crippen LogP contribution in [0.25, 0.3) is 10.9 Å². The van der Waals surface area contributed by atoms with Gasteiger partial charge in [-0.3, -0.25) is 14.2 Å². The molecule has 3 N–H and O–H groups in total. The van der Waals surface area contributed by atoms with Crippen LogP contribution in [0.15, 0.2) is 35.4 Å². The SMILES string of the molecule is O=C(C[C@H]1NCC[C@H](O)[C@@H]1O)Cn1cnc2ccccc2c1=O. The summed E-state index contributed by atoms with van der Waals surface area (Å²) in [5.41, 5.74) is 0.329. The summed E-state index contributed by atoms with van der Waals surface area (Å²) in [5.74, 6) is -0.199. The molecule has 2 aromatic rings. The van der Waals surface area contributed by atoms with Crippen LogP contribution in [0.4, 0.5) is 0 Å². The minimum Gasteiger partial charge on any atom is -0.390 e. The normalized spacial score (nSPS) is 24.7. The van der Waals surface area contributed by atoms with Crippen LogP contribution in [0.2, 0.25) is 0 Å². The van der Waals surface area contributed by atoms with Crippen molar-refractivity contribution in [1.29, 1.82) is 0 Å². The van der Waals surface area contributed by atoms with Crippen LogP contribution in [-0.4, -0.2) is 50.3 Å². The lowest BCUT2D eigenvalue weighted by atomic mass is 9.94. The van der Waals surface area contributed by atoms with Crippen LogP contribution in [0.1, 0.15) is 12.8 Å². The molecule has 1 aliphatic heterocycles. The second kappa shape index (κ2) is 6.57. The van der Waals surface area contributed by atoms with E-state index in [2.05, 4.69) is 10.3 Å². The Kier molecular flexibility index (Phi) is 4.51. The predicted octanol–water partition coefficient (Wildman–Crippen LogP) is -0.561.